The van der Waals surface area contributed by atoms with Crippen LogP contribution in [-0.2, 0) is 19.1 Å². The minimum Gasteiger partial charge on any atom is -0.481 e. The van der Waals surface area contributed by atoms with Gasteiger partial charge in [0.1, 0.15) is 11.9 Å². The van der Waals surface area contributed by atoms with Crippen LogP contribution in [0.25, 0.3) is 0 Å². The summed E-state index contributed by atoms with van der Waals surface area (Å²) in [6.07, 6.45) is 9.04. The molecule has 5 aliphatic carbocycles. The number of amides is 1. The Bertz CT molecular complexity index is 1620. The number of carbonyl (C=O) groups excluding carboxylic acids is 3. The van der Waals surface area contributed by atoms with Crippen LogP contribution in [0.5, 0.6) is 0 Å². The zero-order chi connectivity index (χ0) is 36.8. The SMILES string of the molecule is Cc1ccc(C(=O)N[C@@]23CC[C@]4(C)C(=C2C(C(C)C)C(=O)C3)CC[C@@H]2[C@@]3(C)CC[C@H](OC(=O)CC(C)(C)C(=O)O)C(C)(C)[C@@H]3CC[C@]24C)cn1. The molecule has 1 aromatic heterocycles. The molecular formula is C42H60N2O6. The number of carboxylic acids is 1. The first-order valence-corrected chi connectivity index (χ1v) is 19.1. The molecule has 4 fully saturated rings. The van der Waals surface area contributed by atoms with E-state index in [9.17, 15) is 24.3 Å². The molecule has 0 saturated heterocycles. The molecule has 0 aliphatic heterocycles. The Hall–Kier alpha value is -3.03. The number of rotatable bonds is 7. The smallest absolute Gasteiger partial charge is 0.309 e. The van der Waals surface area contributed by atoms with Gasteiger partial charge in [-0.05, 0) is 124 Å². The van der Waals surface area contributed by atoms with E-state index in [0.29, 0.717) is 23.8 Å². The highest BCUT2D eigenvalue weighted by Gasteiger charge is 2.69. The summed E-state index contributed by atoms with van der Waals surface area (Å²) in [6, 6.07) is 3.68. The van der Waals surface area contributed by atoms with Crippen LogP contribution in [0.3, 0.4) is 0 Å². The van der Waals surface area contributed by atoms with E-state index in [-0.39, 0.29) is 57.7 Å². The van der Waals surface area contributed by atoms with Gasteiger partial charge in [-0.15, -0.1) is 0 Å². The second-order valence-corrected chi connectivity index (χ2v) is 19.1. The molecule has 5 aliphatic rings. The number of hydrogen-bond acceptors (Lipinski definition) is 6. The molecule has 274 valence electrons. The van der Waals surface area contributed by atoms with Crippen molar-refractivity contribution < 1.29 is 29.0 Å². The second kappa shape index (κ2) is 12.0. The quantitative estimate of drug-likeness (QED) is 0.218. The molecule has 4 saturated carbocycles. The average Bonchev–Trinajstić information content (AvgIpc) is 3.30. The van der Waals surface area contributed by atoms with Crippen molar-refractivity contribution in [2.75, 3.05) is 0 Å². The van der Waals surface area contributed by atoms with Gasteiger partial charge in [0.25, 0.3) is 5.91 Å². The van der Waals surface area contributed by atoms with Crippen molar-refractivity contribution in [3.63, 3.8) is 0 Å². The summed E-state index contributed by atoms with van der Waals surface area (Å²) in [6.45, 7) is 21.4. The highest BCUT2D eigenvalue weighted by atomic mass is 16.5. The number of aliphatic carboxylic acids is 1. The number of aryl methyl sites for hydroxylation is 1. The van der Waals surface area contributed by atoms with E-state index in [1.807, 2.05) is 19.1 Å². The number of ketones is 1. The number of carboxylic acid groups (broad SMARTS) is 1. The normalized spacial score (nSPS) is 37.7. The van der Waals surface area contributed by atoms with Crippen LogP contribution in [0.15, 0.2) is 29.5 Å². The van der Waals surface area contributed by atoms with Crippen molar-refractivity contribution in [1.29, 1.82) is 0 Å². The van der Waals surface area contributed by atoms with Crippen molar-refractivity contribution in [2.24, 2.45) is 50.7 Å². The third-order valence-corrected chi connectivity index (χ3v) is 15.3. The molecule has 50 heavy (non-hydrogen) atoms. The van der Waals surface area contributed by atoms with E-state index < -0.39 is 22.9 Å². The lowest BCUT2D eigenvalue weighted by atomic mass is 9.34. The fourth-order valence-corrected chi connectivity index (χ4v) is 12.4. The van der Waals surface area contributed by atoms with Gasteiger partial charge in [0.2, 0.25) is 0 Å². The molecule has 0 radical (unpaired) electrons. The van der Waals surface area contributed by atoms with Gasteiger partial charge in [-0.1, -0.05) is 54.0 Å². The van der Waals surface area contributed by atoms with Crippen LogP contribution >= 0.6 is 0 Å². The monoisotopic (exact) mass is 688 g/mol. The van der Waals surface area contributed by atoms with Crippen molar-refractivity contribution in [3.8, 4) is 0 Å². The van der Waals surface area contributed by atoms with Crippen LogP contribution in [0.1, 0.15) is 143 Å². The Labute approximate surface area is 299 Å². The predicted molar refractivity (Wildman–Crippen MR) is 192 cm³/mol. The Balaban J connectivity index is 1.33. The maximum Gasteiger partial charge on any atom is 0.309 e. The van der Waals surface area contributed by atoms with Crippen LogP contribution < -0.4 is 5.32 Å². The number of pyridine rings is 1. The Morgan fingerprint density at radius 3 is 2.32 bits per heavy atom. The summed E-state index contributed by atoms with van der Waals surface area (Å²) < 4.78 is 6.15. The van der Waals surface area contributed by atoms with Gasteiger partial charge in [-0.2, -0.15) is 0 Å². The molecule has 1 amide bonds. The van der Waals surface area contributed by atoms with Crippen molar-refractivity contribution >= 4 is 23.6 Å². The number of nitrogens with zero attached hydrogens (tertiary/aromatic N) is 1. The number of carbonyl (C=O) groups is 4. The lowest BCUT2D eigenvalue weighted by molar-refractivity contribution is -0.214. The van der Waals surface area contributed by atoms with Crippen LogP contribution in [0.4, 0.5) is 0 Å². The van der Waals surface area contributed by atoms with Gasteiger partial charge >= 0.3 is 11.9 Å². The highest BCUT2D eigenvalue weighted by molar-refractivity contribution is 5.98. The van der Waals surface area contributed by atoms with Crippen molar-refractivity contribution in [1.82, 2.24) is 10.3 Å². The Morgan fingerprint density at radius 2 is 1.70 bits per heavy atom. The summed E-state index contributed by atoms with van der Waals surface area (Å²) in [5, 5.41) is 13.0. The van der Waals surface area contributed by atoms with Gasteiger partial charge in [-0.25, -0.2) is 0 Å². The van der Waals surface area contributed by atoms with E-state index in [1.54, 1.807) is 20.0 Å². The topological polar surface area (TPSA) is 123 Å². The molecule has 0 aromatic carbocycles. The fourth-order valence-electron chi connectivity index (χ4n) is 12.4. The van der Waals surface area contributed by atoms with E-state index in [4.69, 9.17) is 4.74 Å². The van der Waals surface area contributed by atoms with Gasteiger partial charge in [0, 0.05) is 29.6 Å². The number of fused-ring (bicyclic) bond motifs is 6. The van der Waals surface area contributed by atoms with E-state index >= 15 is 0 Å². The van der Waals surface area contributed by atoms with Crippen molar-refractivity contribution in [2.45, 2.75) is 145 Å². The number of esters is 1. The first-order valence-electron chi connectivity index (χ1n) is 19.1. The summed E-state index contributed by atoms with van der Waals surface area (Å²) in [5.74, 6) is -0.567. The molecule has 1 unspecified atom stereocenters. The lowest BCUT2D eigenvalue weighted by Crippen LogP contribution is -2.65. The van der Waals surface area contributed by atoms with Gasteiger partial charge < -0.3 is 15.2 Å². The molecule has 8 atom stereocenters. The maximum atomic E-state index is 14.0. The van der Waals surface area contributed by atoms with Crippen molar-refractivity contribution in [3.05, 3.63) is 40.7 Å². The number of allylic oxidation sites excluding steroid dienone is 1. The number of Topliss-reactive ketones (excluding diaryl/α,β-unsaturated/α-hetero) is 1. The molecule has 2 N–H and O–H groups in total. The zero-order valence-corrected chi connectivity index (χ0v) is 32.1. The molecular weight excluding hydrogens is 628 g/mol. The standard InChI is InChI=1S/C42H60N2O6/c1-24(2)33-28(45)21-42(44-35(47)26-12-11-25(3)43-23-26)20-19-40(9)27(34(33)42)13-14-30-39(8)17-16-31(50-32(46)22-37(4,5)36(48)49)38(6,7)29(39)15-18-41(30,40)10/h11-12,23-24,29-31,33H,13-22H2,1-10H3,(H,44,47)(H,48,49)/t29-,30+,31-,33?,39-,40+,41+,42+/m0/s1. The maximum absolute atomic E-state index is 14.0. The molecule has 6 rings (SSSR count). The molecule has 1 heterocycles. The first kappa shape index (κ1) is 36.8. The van der Waals surface area contributed by atoms with E-state index in [1.165, 1.54) is 11.1 Å². The number of hydrogen-bond donors (Lipinski definition) is 2. The summed E-state index contributed by atoms with van der Waals surface area (Å²) in [7, 11) is 0. The fraction of sp³-hybridized carbons (Fsp3) is 0.738. The minimum atomic E-state index is -1.17. The van der Waals surface area contributed by atoms with Crippen LogP contribution in [-0.4, -0.2) is 45.4 Å². The summed E-state index contributed by atoms with van der Waals surface area (Å²) in [5.41, 5.74) is 1.89. The molecule has 0 bridgehead atoms. The van der Waals surface area contributed by atoms with Crippen LogP contribution in [0, 0.1) is 57.7 Å². The number of aromatic nitrogens is 1. The zero-order valence-electron chi connectivity index (χ0n) is 32.1. The van der Waals surface area contributed by atoms with E-state index in [0.717, 1.165) is 57.1 Å². The average molecular weight is 689 g/mol. The molecule has 0 spiro atoms. The lowest BCUT2D eigenvalue weighted by Gasteiger charge is -2.70. The highest BCUT2D eigenvalue weighted by Crippen LogP contribution is 2.75. The third-order valence-electron chi connectivity index (χ3n) is 15.3. The molecule has 8 nitrogen and oxygen atoms in total. The van der Waals surface area contributed by atoms with E-state index in [2.05, 4.69) is 58.8 Å². The number of ether oxygens (including phenoxy) is 1. The van der Waals surface area contributed by atoms with Crippen LogP contribution in [0.2, 0.25) is 0 Å². The largest absolute Gasteiger partial charge is 0.481 e. The van der Waals surface area contributed by atoms with Gasteiger partial charge in [-0.3, -0.25) is 24.2 Å². The molecule has 1 aromatic rings. The Kier molecular flexibility index (Phi) is 8.83. The summed E-state index contributed by atoms with van der Waals surface area (Å²) >= 11 is 0. The first-order chi connectivity index (χ1) is 23.1. The molecule has 8 heteroatoms. The third kappa shape index (κ3) is 5.39. The van der Waals surface area contributed by atoms with Gasteiger partial charge in [0.05, 0.1) is 22.9 Å². The summed E-state index contributed by atoms with van der Waals surface area (Å²) in [4.78, 5) is 56.9. The van der Waals surface area contributed by atoms with Gasteiger partial charge in [0.15, 0.2) is 0 Å². The number of nitrogens with one attached hydrogen (secondary N) is 1. The Morgan fingerprint density at radius 1 is 1.00 bits per heavy atom. The second-order valence-electron chi connectivity index (χ2n) is 19.1. The predicted octanol–water partition coefficient (Wildman–Crippen LogP) is 8.27. The minimum absolute atomic E-state index is 0.00809.